The van der Waals surface area contributed by atoms with Crippen molar-refractivity contribution in [3.05, 3.63) is 29.3 Å². The van der Waals surface area contributed by atoms with E-state index >= 15 is 0 Å². The van der Waals surface area contributed by atoms with Crippen molar-refractivity contribution in [3.63, 3.8) is 0 Å². The molecule has 0 heterocycles. The molecule has 0 spiro atoms. The first kappa shape index (κ1) is 17.7. The van der Waals surface area contributed by atoms with E-state index in [1.807, 2.05) is 20.8 Å². The van der Waals surface area contributed by atoms with Crippen molar-refractivity contribution in [1.82, 2.24) is 4.31 Å². The number of aliphatic hydroxyl groups is 1. The van der Waals surface area contributed by atoms with Gasteiger partial charge in [-0.25, -0.2) is 8.42 Å². The van der Waals surface area contributed by atoms with E-state index in [9.17, 15) is 8.42 Å². The summed E-state index contributed by atoms with van der Waals surface area (Å²) in [6.07, 6.45) is 1.53. The lowest BCUT2D eigenvalue weighted by Gasteiger charge is -2.21. The van der Waals surface area contributed by atoms with Crippen LogP contribution in [-0.2, 0) is 10.0 Å². The number of aryl methyl sites for hydroxylation is 1. The first-order chi connectivity index (χ1) is 9.97. The Labute approximate surface area is 127 Å². The van der Waals surface area contributed by atoms with Gasteiger partial charge in [0.25, 0.3) is 0 Å². The van der Waals surface area contributed by atoms with Crippen LogP contribution in [0.3, 0.4) is 0 Å². The summed E-state index contributed by atoms with van der Waals surface area (Å²) in [4.78, 5) is 0.218. The molecular weight excluding hydrogens is 286 g/mol. The Kier molecular flexibility index (Phi) is 6.90. The van der Waals surface area contributed by atoms with Crippen molar-refractivity contribution in [2.24, 2.45) is 0 Å². The molecule has 1 N–H and O–H groups in total. The van der Waals surface area contributed by atoms with Crippen molar-refractivity contribution in [2.45, 2.75) is 38.5 Å². The van der Waals surface area contributed by atoms with Crippen LogP contribution in [0, 0.1) is 18.8 Å². The zero-order valence-corrected chi connectivity index (χ0v) is 13.7. The molecule has 21 heavy (non-hydrogen) atoms. The lowest BCUT2D eigenvalue weighted by atomic mass is 10.1. The van der Waals surface area contributed by atoms with Crippen LogP contribution in [0.15, 0.2) is 23.1 Å². The molecule has 0 bridgehead atoms. The topological polar surface area (TPSA) is 57.6 Å². The molecule has 0 aliphatic heterocycles. The standard InChI is InChI=1S/C16H23NO3S/c1-4-10-17(11-5-2)21(19,20)16-9-8-14(3)13-15(16)7-6-12-18/h8-9,13,18H,4-5,10-12H2,1-3H3. The molecular formula is C16H23NO3S. The molecule has 0 atom stereocenters. The number of sulfonamides is 1. The van der Waals surface area contributed by atoms with Gasteiger partial charge in [0.15, 0.2) is 0 Å². The van der Waals surface area contributed by atoms with Gasteiger partial charge in [0.05, 0.1) is 4.90 Å². The van der Waals surface area contributed by atoms with E-state index in [0.717, 1.165) is 18.4 Å². The highest BCUT2D eigenvalue weighted by atomic mass is 32.2. The summed E-state index contributed by atoms with van der Waals surface area (Å²) in [6, 6.07) is 5.11. The summed E-state index contributed by atoms with van der Waals surface area (Å²) in [5.74, 6) is 5.27. The van der Waals surface area contributed by atoms with Gasteiger partial charge in [0, 0.05) is 18.7 Å². The molecule has 0 saturated heterocycles. The summed E-state index contributed by atoms with van der Waals surface area (Å²) in [6.45, 7) is 6.50. The SMILES string of the molecule is CCCN(CCC)S(=O)(=O)c1ccc(C)cc1C#CCO. The maximum Gasteiger partial charge on any atom is 0.244 e. The Morgan fingerprint density at radius 2 is 1.81 bits per heavy atom. The molecule has 1 rings (SSSR count). The molecule has 0 amide bonds. The molecule has 1 aromatic carbocycles. The lowest BCUT2D eigenvalue weighted by molar-refractivity contribution is 0.350. The quantitative estimate of drug-likeness (QED) is 0.819. The van der Waals surface area contributed by atoms with Crippen molar-refractivity contribution < 1.29 is 13.5 Å². The van der Waals surface area contributed by atoms with Gasteiger partial charge in [0.2, 0.25) is 10.0 Å². The Bertz CT molecular complexity index is 621. The molecule has 1 aromatic rings. The molecule has 0 aromatic heterocycles. The van der Waals surface area contributed by atoms with Crippen molar-refractivity contribution in [2.75, 3.05) is 19.7 Å². The molecule has 4 nitrogen and oxygen atoms in total. The highest BCUT2D eigenvalue weighted by Gasteiger charge is 2.25. The van der Waals surface area contributed by atoms with Crippen molar-refractivity contribution in [1.29, 1.82) is 0 Å². The van der Waals surface area contributed by atoms with Gasteiger partial charge in [-0.05, 0) is 37.5 Å². The molecule has 0 radical (unpaired) electrons. The van der Waals surface area contributed by atoms with Crippen LogP contribution in [0.25, 0.3) is 0 Å². The van der Waals surface area contributed by atoms with Gasteiger partial charge in [-0.3, -0.25) is 0 Å². The number of hydrogen-bond acceptors (Lipinski definition) is 3. The highest BCUT2D eigenvalue weighted by Crippen LogP contribution is 2.21. The maximum atomic E-state index is 12.8. The van der Waals surface area contributed by atoms with Gasteiger partial charge < -0.3 is 5.11 Å². The summed E-state index contributed by atoms with van der Waals surface area (Å²) in [5, 5.41) is 8.83. The van der Waals surface area contributed by atoms with Crippen LogP contribution in [0.1, 0.15) is 37.8 Å². The zero-order chi connectivity index (χ0) is 15.9. The van der Waals surface area contributed by atoms with Crippen LogP contribution in [0.5, 0.6) is 0 Å². The van der Waals surface area contributed by atoms with Gasteiger partial charge in [-0.2, -0.15) is 4.31 Å². The van der Waals surface area contributed by atoms with E-state index in [-0.39, 0.29) is 11.5 Å². The zero-order valence-electron chi connectivity index (χ0n) is 12.9. The number of aliphatic hydroxyl groups excluding tert-OH is 1. The number of nitrogens with zero attached hydrogens (tertiary/aromatic N) is 1. The monoisotopic (exact) mass is 309 g/mol. The van der Waals surface area contributed by atoms with E-state index in [0.29, 0.717) is 18.7 Å². The predicted octanol–water partition coefficient (Wildman–Crippen LogP) is 2.15. The molecule has 0 saturated carbocycles. The summed E-state index contributed by atoms with van der Waals surface area (Å²) in [7, 11) is -3.55. The number of benzene rings is 1. The minimum absolute atomic E-state index is 0.218. The average molecular weight is 309 g/mol. The Hall–Kier alpha value is -1.35. The minimum Gasteiger partial charge on any atom is -0.384 e. The molecule has 0 fully saturated rings. The van der Waals surface area contributed by atoms with E-state index in [1.165, 1.54) is 4.31 Å². The maximum absolute atomic E-state index is 12.8. The second-order valence-electron chi connectivity index (χ2n) is 4.86. The van der Waals surface area contributed by atoms with E-state index in [1.54, 1.807) is 18.2 Å². The molecule has 0 unspecified atom stereocenters. The average Bonchev–Trinajstić information content (AvgIpc) is 2.44. The number of rotatable bonds is 6. The fourth-order valence-corrected chi connectivity index (χ4v) is 3.84. The third-order valence-electron chi connectivity index (χ3n) is 3.00. The van der Waals surface area contributed by atoms with Gasteiger partial charge in [-0.1, -0.05) is 31.8 Å². The Morgan fingerprint density at radius 3 is 2.33 bits per heavy atom. The Morgan fingerprint density at radius 1 is 1.19 bits per heavy atom. The highest BCUT2D eigenvalue weighted by molar-refractivity contribution is 7.89. The summed E-state index contributed by atoms with van der Waals surface area (Å²) >= 11 is 0. The van der Waals surface area contributed by atoms with E-state index in [2.05, 4.69) is 11.8 Å². The van der Waals surface area contributed by atoms with Crippen LogP contribution in [-0.4, -0.2) is 37.5 Å². The molecule has 0 aliphatic carbocycles. The molecule has 0 aliphatic rings. The van der Waals surface area contributed by atoms with Crippen LogP contribution >= 0.6 is 0 Å². The third-order valence-corrected chi connectivity index (χ3v) is 4.96. The minimum atomic E-state index is -3.55. The van der Waals surface area contributed by atoms with Crippen molar-refractivity contribution >= 4 is 10.0 Å². The van der Waals surface area contributed by atoms with E-state index < -0.39 is 10.0 Å². The second kappa shape index (κ2) is 8.18. The van der Waals surface area contributed by atoms with Gasteiger partial charge >= 0.3 is 0 Å². The van der Waals surface area contributed by atoms with Crippen LogP contribution < -0.4 is 0 Å². The first-order valence-electron chi connectivity index (χ1n) is 7.17. The second-order valence-corrected chi connectivity index (χ2v) is 6.77. The third kappa shape index (κ3) is 4.57. The summed E-state index contributed by atoms with van der Waals surface area (Å²) in [5.41, 5.74) is 1.38. The largest absolute Gasteiger partial charge is 0.384 e. The fraction of sp³-hybridized carbons (Fsp3) is 0.500. The smallest absolute Gasteiger partial charge is 0.244 e. The van der Waals surface area contributed by atoms with Crippen LogP contribution in [0.4, 0.5) is 0 Å². The number of hydrogen-bond donors (Lipinski definition) is 1. The first-order valence-corrected chi connectivity index (χ1v) is 8.61. The Balaban J connectivity index is 3.35. The van der Waals surface area contributed by atoms with Crippen LogP contribution in [0.2, 0.25) is 0 Å². The normalized spacial score (nSPS) is 11.3. The molecule has 5 heteroatoms. The van der Waals surface area contributed by atoms with E-state index in [4.69, 9.17) is 5.11 Å². The lowest BCUT2D eigenvalue weighted by Crippen LogP contribution is -2.33. The predicted molar refractivity (Wildman–Crippen MR) is 84.5 cm³/mol. The van der Waals surface area contributed by atoms with Gasteiger partial charge in [-0.15, -0.1) is 0 Å². The molecule has 116 valence electrons. The summed E-state index contributed by atoms with van der Waals surface area (Å²) < 4.78 is 27.1. The fourth-order valence-electron chi connectivity index (χ4n) is 2.09. The van der Waals surface area contributed by atoms with Crippen molar-refractivity contribution in [3.8, 4) is 11.8 Å². The van der Waals surface area contributed by atoms with Gasteiger partial charge in [0.1, 0.15) is 6.61 Å².